The average molecular weight is 210 g/mol. The highest BCUT2D eigenvalue weighted by Crippen LogP contribution is 2.29. The fourth-order valence-corrected chi connectivity index (χ4v) is 2.18. The molecule has 0 amide bonds. The number of nitrogens with zero attached hydrogens (tertiary/aromatic N) is 2. The zero-order valence-electron chi connectivity index (χ0n) is 9.31. The minimum Gasteiger partial charge on any atom is -0.387 e. The first kappa shape index (κ1) is 10.6. The van der Waals surface area contributed by atoms with E-state index in [0.717, 1.165) is 37.4 Å². The first-order valence-corrected chi connectivity index (χ1v) is 5.45. The zero-order valence-corrected chi connectivity index (χ0v) is 9.31. The van der Waals surface area contributed by atoms with Gasteiger partial charge in [0.1, 0.15) is 0 Å². The van der Waals surface area contributed by atoms with Crippen LogP contribution >= 0.6 is 0 Å². The van der Waals surface area contributed by atoms with Crippen molar-refractivity contribution < 1.29 is 9.84 Å². The lowest BCUT2D eigenvalue weighted by Crippen LogP contribution is -2.23. The first-order valence-electron chi connectivity index (χ1n) is 5.45. The lowest BCUT2D eigenvalue weighted by Gasteiger charge is -2.26. The van der Waals surface area contributed by atoms with E-state index in [1.165, 1.54) is 0 Å². The molecule has 1 saturated heterocycles. The van der Waals surface area contributed by atoms with Gasteiger partial charge in [-0.15, -0.1) is 0 Å². The molecule has 1 fully saturated rings. The highest BCUT2D eigenvalue weighted by atomic mass is 16.5. The van der Waals surface area contributed by atoms with E-state index in [2.05, 4.69) is 5.10 Å². The molecular weight excluding hydrogens is 192 g/mol. The lowest BCUT2D eigenvalue weighted by molar-refractivity contribution is 0.00418. The van der Waals surface area contributed by atoms with Crippen molar-refractivity contribution in [3.8, 4) is 0 Å². The lowest BCUT2D eigenvalue weighted by atomic mass is 9.92. The van der Waals surface area contributed by atoms with Gasteiger partial charge in [0.05, 0.1) is 17.5 Å². The summed E-state index contributed by atoms with van der Waals surface area (Å²) in [6.07, 6.45) is 1.47. The monoisotopic (exact) mass is 210 g/mol. The molecule has 2 rings (SSSR count). The van der Waals surface area contributed by atoms with Gasteiger partial charge in [0.25, 0.3) is 0 Å². The number of rotatable bonds is 2. The highest BCUT2D eigenvalue weighted by molar-refractivity contribution is 5.12. The Kier molecular flexibility index (Phi) is 3.07. The number of aliphatic hydroxyl groups is 1. The number of ether oxygens (including phenoxy) is 1. The van der Waals surface area contributed by atoms with E-state index in [9.17, 15) is 5.11 Å². The molecule has 15 heavy (non-hydrogen) atoms. The van der Waals surface area contributed by atoms with E-state index in [-0.39, 0.29) is 0 Å². The Labute approximate surface area is 89.9 Å². The predicted octanol–water partition coefficient (Wildman–Crippen LogP) is 1.19. The van der Waals surface area contributed by atoms with Crippen molar-refractivity contribution in [3.05, 3.63) is 17.5 Å². The summed E-state index contributed by atoms with van der Waals surface area (Å²) in [5.41, 5.74) is 1.87. The third kappa shape index (κ3) is 2.21. The minimum atomic E-state index is -0.403. The molecule has 2 heterocycles. The Bertz CT molecular complexity index is 329. The van der Waals surface area contributed by atoms with Crippen LogP contribution in [0, 0.1) is 12.8 Å². The van der Waals surface area contributed by atoms with Crippen LogP contribution in [0.4, 0.5) is 0 Å². The summed E-state index contributed by atoms with van der Waals surface area (Å²) in [7, 11) is 1.88. The van der Waals surface area contributed by atoms with Crippen molar-refractivity contribution in [2.45, 2.75) is 25.9 Å². The second kappa shape index (κ2) is 4.33. The Balaban J connectivity index is 2.12. The smallest absolute Gasteiger partial charge is 0.0986 e. The largest absolute Gasteiger partial charge is 0.387 e. The Morgan fingerprint density at radius 3 is 2.73 bits per heavy atom. The summed E-state index contributed by atoms with van der Waals surface area (Å²) < 4.78 is 7.06. The van der Waals surface area contributed by atoms with Crippen molar-refractivity contribution in [1.82, 2.24) is 9.78 Å². The maximum Gasteiger partial charge on any atom is 0.0986 e. The van der Waals surface area contributed by atoms with Crippen molar-refractivity contribution >= 4 is 0 Å². The zero-order chi connectivity index (χ0) is 10.8. The summed E-state index contributed by atoms with van der Waals surface area (Å²) in [4.78, 5) is 0. The summed E-state index contributed by atoms with van der Waals surface area (Å²) in [6.45, 7) is 3.47. The van der Waals surface area contributed by atoms with Gasteiger partial charge >= 0.3 is 0 Å². The Morgan fingerprint density at radius 2 is 2.20 bits per heavy atom. The van der Waals surface area contributed by atoms with E-state index in [4.69, 9.17) is 4.74 Å². The molecule has 4 nitrogen and oxygen atoms in total. The fourth-order valence-electron chi connectivity index (χ4n) is 2.18. The van der Waals surface area contributed by atoms with Gasteiger partial charge in [-0.2, -0.15) is 5.10 Å². The van der Waals surface area contributed by atoms with Gasteiger partial charge in [-0.25, -0.2) is 0 Å². The predicted molar refractivity (Wildman–Crippen MR) is 56.4 cm³/mol. The number of hydrogen-bond donors (Lipinski definition) is 1. The molecule has 0 bridgehead atoms. The molecule has 4 heteroatoms. The normalized spacial score (nSPS) is 20.5. The molecular formula is C11H18N2O2. The molecule has 0 radical (unpaired) electrons. The molecule has 0 saturated carbocycles. The third-order valence-electron chi connectivity index (χ3n) is 3.05. The Morgan fingerprint density at radius 1 is 1.53 bits per heavy atom. The average Bonchev–Trinajstić information content (AvgIpc) is 2.58. The SMILES string of the molecule is Cc1cc(C(O)C2CCOCC2)n(C)n1. The summed E-state index contributed by atoms with van der Waals surface area (Å²) in [5.74, 6) is 0.313. The first-order chi connectivity index (χ1) is 7.18. The number of aliphatic hydroxyl groups excluding tert-OH is 1. The molecule has 1 aliphatic rings. The summed E-state index contributed by atoms with van der Waals surface area (Å²) in [6, 6.07) is 1.96. The van der Waals surface area contributed by atoms with E-state index in [1.54, 1.807) is 4.68 Å². The van der Waals surface area contributed by atoms with Crippen LogP contribution in [0.5, 0.6) is 0 Å². The topological polar surface area (TPSA) is 47.3 Å². The second-order valence-electron chi connectivity index (χ2n) is 4.23. The molecule has 1 aromatic heterocycles. The van der Waals surface area contributed by atoms with Crippen LogP contribution in [0.1, 0.15) is 30.3 Å². The molecule has 0 spiro atoms. The minimum absolute atomic E-state index is 0.313. The van der Waals surface area contributed by atoms with Gasteiger partial charge in [-0.3, -0.25) is 4.68 Å². The van der Waals surface area contributed by atoms with Gasteiger partial charge in [0.15, 0.2) is 0 Å². The van der Waals surface area contributed by atoms with Crippen LogP contribution in [0.2, 0.25) is 0 Å². The molecule has 84 valence electrons. The van der Waals surface area contributed by atoms with Crippen LogP contribution < -0.4 is 0 Å². The number of aromatic nitrogens is 2. The summed E-state index contributed by atoms with van der Waals surface area (Å²) in [5, 5.41) is 14.5. The Hall–Kier alpha value is -0.870. The molecule has 1 N–H and O–H groups in total. The highest BCUT2D eigenvalue weighted by Gasteiger charge is 2.25. The fraction of sp³-hybridized carbons (Fsp3) is 0.727. The standard InChI is InChI=1S/C11H18N2O2/c1-8-7-10(13(2)12-8)11(14)9-3-5-15-6-4-9/h7,9,11,14H,3-6H2,1-2H3. The van der Waals surface area contributed by atoms with E-state index in [0.29, 0.717) is 5.92 Å². The van der Waals surface area contributed by atoms with Gasteiger partial charge < -0.3 is 9.84 Å². The van der Waals surface area contributed by atoms with Gasteiger partial charge in [0, 0.05) is 20.3 Å². The van der Waals surface area contributed by atoms with Crippen LogP contribution in [0.3, 0.4) is 0 Å². The van der Waals surface area contributed by atoms with Crippen LogP contribution in [-0.2, 0) is 11.8 Å². The van der Waals surface area contributed by atoms with Crippen molar-refractivity contribution in [3.63, 3.8) is 0 Å². The van der Waals surface area contributed by atoms with Crippen LogP contribution in [0.15, 0.2) is 6.07 Å². The second-order valence-corrected chi connectivity index (χ2v) is 4.23. The summed E-state index contributed by atoms with van der Waals surface area (Å²) >= 11 is 0. The molecule has 1 aliphatic heterocycles. The van der Waals surface area contributed by atoms with Crippen molar-refractivity contribution in [2.75, 3.05) is 13.2 Å². The van der Waals surface area contributed by atoms with Crippen molar-refractivity contribution in [1.29, 1.82) is 0 Å². The van der Waals surface area contributed by atoms with E-state index < -0.39 is 6.10 Å². The van der Waals surface area contributed by atoms with Crippen LogP contribution in [-0.4, -0.2) is 28.1 Å². The van der Waals surface area contributed by atoms with Gasteiger partial charge in [-0.05, 0) is 31.7 Å². The molecule has 1 aromatic rings. The van der Waals surface area contributed by atoms with E-state index in [1.807, 2.05) is 20.0 Å². The third-order valence-corrected chi connectivity index (χ3v) is 3.05. The number of aryl methyl sites for hydroxylation is 2. The maximum absolute atomic E-state index is 10.2. The molecule has 0 aromatic carbocycles. The van der Waals surface area contributed by atoms with Gasteiger partial charge in [-0.1, -0.05) is 0 Å². The molecule has 0 aliphatic carbocycles. The molecule has 1 unspecified atom stereocenters. The van der Waals surface area contributed by atoms with E-state index >= 15 is 0 Å². The van der Waals surface area contributed by atoms with Crippen LogP contribution in [0.25, 0.3) is 0 Å². The van der Waals surface area contributed by atoms with Gasteiger partial charge in [0.2, 0.25) is 0 Å². The quantitative estimate of drug-likeness (QED) is 0.797. The maximum atomic E-state index is 10.2. The number of hydrogen-bond acceptors (Lipinski definition) is 3. The molecule has 1 atom stereocenters. The van der Waals surface area contributed by atoms with Crippen molar-refractivity contribution in [2.24, 2.45) is 13.0 Å².